The summed E-state index contributed by atoms with van der Waals surface area (Å²) in [5.74, 6) is 0.804. The summed E-state index contributed by atoms with van der Waals surface area (Å²) < 4.78 is 7.60. The van der Waals surface area contributed by atoms with Crippen LogP contribution in [0.2, 0.25) is 0 Å². The van der Waals surface area contributed by atoms with Gasteiger partial charge in [0.1, 0.15) is 6.10 Å². The van der Waals surface area contributed by atoms with Crippen molar-refractivity contribution in [3.05, 3.63) is 18.5 Å². The van der Waals surface area contributed by atoms with E-state index in [1.807, 2.05) is 23.1 Å². The smallest absolute Gasteiger partial charge is 0.251 e. The van der Waals surface area contributed by atoms with Crippen LogP contribution in [0.25, 0.3) is 0 Å². The number of rotatable bonds is 3. The van der Waals surface area contributed by atoms with Crippen LogP contribution in [0.15, 0.2) is 18.5 Å². The number of fused-ring (bicyclic) bond motifs is 1. The molecule has 4 atom stereocenters. The van der Waals surface area contributed by atoms with E-state index in [1.165, 1.54) is 0 Å². The molecule has 0 bridgehead atoms. The molecule has 0 unspecified atom stereocenters. The molecule has 3 aliphatic rings. The number of likely N-dealkylation sites (N-methyl/N-ethyl adjacent to an activating group) is 1. The predicted octanol–water partition coefficient (Wildman–Crippen LogP) is 0.983. The number of ether oxygens (including phenoxy) is 1. The zero-order valence-electron chi connectivity index (χ0n) is 13.8. The molecule has 126 valence electrons. The third kappa shape index (κ3) is 2.90. The van der Waals surface area contributed by atoms with Gasteiger partial charge in [0.2, 0.25) is 0 Å². The van der Waals surface area contributed by atoms with E-state index in [2.05, 4.69) is 21.9 Å². The van der Waals surface area contributed by atoms with Gasteiger partial charge in [-0.25, -0.2) is 0 Å². The average molecular weight is 318 g/mol. The first-order chi connectivity index (χ1) is 11.2. The summed E-state index contributed by atoms with van der Waals surface area (Å²) in [5.41, 5.74) is 0. The van der Waals surface area contributed by atoms with Gasteiger partial charge in [0.05, 0.1) is 6.54 Å². The van der Waals surface area contributed by atoms with Crippen LogP contribution in [0.4, 0.5) is 0 Å². The standard InChI is InChI=1S/C17H26N4O2/c1-19-14(12-21-7-3-6-18-21)10-13-11-20(8-5-15(13)19)17(22)16-4-2-9-23-16/h3,6-7,13-16H,2,4-5,8-12H2,1H3/t13-,14+,15+,16-/m1/s1. The Balaban J connectivity index is 1.38. The van der Waals surface area contributed by atoms with Gasteiger partial charge in [0.15, 0.2) is 0 Å². The van der Waals surface area contributed by atoms with Crippen LogP contribution in [0.5, 0.6) is 0 Å². The zero-order valence-corrected chi connectivity index (χ0v) is 13.8. The highest BCUT2D eigenvalue weighted by atomic mass is 16.5. The Morgan fingerprint density at radius 2 is 2.30 bits per heavy atom. The molecule has 6 nitrogen and oxygen atoms in total. The molecule has 0 radical (unpaired) electrons. The quantitative estimate of drug-likeness (QED) is 0.834. The van der Waals surface area contributed by atoms with Crippen molar-refractivity contribution in [2.45, 2.75) is 50.4 Å². The molecule has 0 saturated carbocycles. The molecular formula is C17H26N4O2. The van der Waals surface area contributed by atoms with Gasteiger partial charge in [-0.1, -0.05) is 0 Å². The van der Waals surface area contributed by atoms with Crippen LogP contribution in [0, 0.1) is 5.92 Å². The van der Waals surface area contributed by atoms with E-state index in [9.17, 15) is 4.79 Å². The number of carbonyl (C=O) groups is 1. The fourth-order valence-corrected chi connectivity index (χ4v) is 4.58. The Morgan fingerprint density at radius 3 is 3.04 bits per heavy atom. The van der Waals surface area contributed by atoms with Crippen molar-refractivity contribution in [2.75, 3.05) is 26.7 Å². The molecule has 0 N–H and O–H groups in total. The monoisotopic (exact) mass is 318 g/mol. The largest absolute Gasteiger partial charge is 0.368 e. The molecule has 3 fully saturated rings. The normalized spacial score (nSPS) is 34.7. The molecule has 1 aromatic rings. The van der Waals surface area contributed by atoms with E-state index in [0.29, 0.717) is 18.0 Å². The lowest BCUT2D eigenvalue weighted by Crippen LogP contribution is -2.50. The van der Waals surface area contributed by atoms with Crippen LogP contribution in [-0.2, 0) is 16.1 Å². The minimum Gasteiger partial charge on any atom is -0.368 e. The SMILES string of the molecule is CN1[C@H](Cn2cccn2)C[C@@H]2CN(C(=O)[C@H]3CCCO3)CC[C@@H]21. The van der Waals surface area contributed by atoms with E-state index in [1.54, 1.807) is 0 Å². The van der Waals surface area contributed by atoms with Gasteiger partial charge < -0.3 is 9.64 Å². The lowest BCUT2D eigenvalue weighted by Gasteiger charge is -2.38. The van der Waals surface area contributed by atoms with E-state index < -0.39 is 0 Å². The van der Waals surface area contributed by atoms with Crippen LogP contribution >= 0.6 is 0 Å². The van der Waals surface area contributed by atoms with Gasteiger partial charge in [-0.15, -0.1) is 0 Å². The number of nitrogens with zero attached hydrogens (tertiary/aromatic N) is 4. The highest BCUT2D eigenvalue weighted by molar-refractivity contribution is 5.81. The maximum Gasteiger partial charge on any atom is 0.251 e. The van der Waals surface area contributed by atoms with Crippen LogP contribution in [-0.4, -0.2) is 70.4 Å². The minimum absolute atomic E-state index is 0.175. The van der Waals surface area contributed by atoms with E-state index >= 15 is 0 Å². The summed E-state index contributed by atoms with van der Waals surface area (Å²) in [5, 5.41) is 4.34. The lowest BCUT2D eigenvalue weighted by molar-refractivity contribution is -0.143. The Hall–Kier alpha value is -1.40. The molecule has 3 aliphatic heterocycles. The molecule has 23 heavy (non-hydrogen) atoms. The molecular weight excluding hydrogens is 292 g/mol. The minimum atomic E-state index is -0.175. The van der Waals surface area contributed by atoms with Crippen molar-refractivity contribution in [3.63, 3.8) is 0 Å². The van der Waals surface area contributed by atoms with Crippen molar-refractivity contribution in [1.82, 2.24) is 19.6 Å². The van der Waals surface area contributed by atoms with Gasteiger partial charge in [0.25, 0.3) is 5.91 Å². The number of carbonyl (C=O) groups excluding carboxylic acids is 1. The van der Waals surface area contributed by atoms with E-state index in [0.717, 1.165) is 51.9 Å². The highest BCUT2D eigenvalue weighted by Gasteiger charge is 2.43. The van der Waals surface area contributed by atoms with Crippen molar-refractivity contribution < 1.29 is 9.53 Å². The molecule has 4 heterocycles. The third-order valence-electron chi connectivity index (χ3n) is 5.84. The maximum absolute atomic E-state index is 12.6. The first-order valence-electron chi connectivity index (χ1n) is 8.82. The first kappa shape index (κ1) is 15.1. The van der Waals surface area contributed by atoms with Gasteiger partial charge in [-0.05, 0) is 44.7 Å². The number of piperidine rings is 1. The summed E-state index contributed by atoms with van der Waals surface area (Å²) in [6.45, 7) is 3.45. The van der Waals surface area contributed by atoms with Crippen LogP contribution in [0.1, 0.15) is 25.7 Å². The molecule has 0 spiro atoms. The summed E-state index contributed by atoms with van der Waals surface area (Å²) in [7, 11) is 2.23. The second kappa shape index (κ2) is 6.24. The fraction of sp³-hybridized carbons (Fsp3) is 0.765. The Morgan fingerprint density at radius 1 is 1.39 bits per heavy atom. The molecule has 0 aliphatic carbocycles. The molecule has 1 amide bonds. The Bertz CT molecular complexity index is 541. The summed E-state index contributed by atoms with van der Waals surface area (Å²) in [6.07, 6.45) is 7.83. The van der Waals surface area contributed by atoms with Crippen molar-refractivity contribution in [3.8, 4) is 0 Å². The summed E-state index contributed by atoms with van der Waals surface area (Å²) in [6, 6.07) is 3.09. The Kier molecular flexibility index (Phi) is 4.11. The lowest BCUT2D eigenvalue weighted by atomic mass is 9.91. The second-order valence-electron chi connectivity index (χ2n) is 7.19. The van der Waals surface area contributed by atoms with Gasteiger partial charge in [-0.3, -0.25) is 14.4 Å². The number of likely N-dealkylation sites (tertiary alicyclic amines) is 2. The fourth-order valence-electron chi connectivity index (χ4n) is 4.58. The zero-order chi connectivity index (χ0) is 15.8. The summed E-state index contributed by atoms with van der Waals surface area (Å²) >= 11 is 0. The van der Waals surface area contributed by atoms with Crippen LogP contribution in [0.3, 0.4) is 0 Å². The molecule has 3 saturated heterocycles. The number of amides is 1. The first-order valence-corrected chi connectivity index (χ1v) is 8.82. The van der Waals surface area contributed by atoms with Crippen molar-refractivity contribution in [1.29, 1.82) is 0 Å². The topological polar surface area (TPSA) is 50.6 Å². The maximum atomic E-state index is 12.6. The van der Waals surface area contributed by atoms with Crippen LogP contribution < -0.4 is 0 Å². The predicted molar refractivity (Wildman–Crippen MR) is 85.8 cm³/mol. The van der Waals surface area contributed by atoms with Crippen molar-refractivity contribution in [2.24, 2.45) is 5.92 Å². The average Bonchev–Trinajstić information content (AvgIpc) is 3.30. The van der Waals surface area contributed by atoms with Gasteiger partial charge in [0, 0.05) is 44.2 Å². The number of hydrogen-bond acceptors (Lipinski definition) is 4. The molecule has 1 aromatic heterocycles. The summed E-state index contributed by atoms with van der Waals surface area (Å²) in [4.78, 5) is 17.2. The Labute approximate surface area is 137 Å². The molecule has 6 heteroatoms. The van der Waals surface area contributed by atoms with Gasteiger partial charge in [-0.2, -0.15) is 5.10 Å². The van der Waals surface area contributed by atoms with Crippen molar-refractivity contribution >= 4 is 5.91 Å². The third-order valence-corrected chi connectivity index (χ3v) is 5.84. The van der Waals surface area contributed by atoms with E-state index in [-0.39, 0.29) is 12.0 Å². The van der Waals surface area contributed by atoms with Gasteiger partial charge >= 0.3 is 0 Å². The number of hydrogen-bond donors (Lipinski definition) is 0. The highest BCUT2D eigenvalue weighted by Crippen LogP contribution is 2.35. The molecule has 0 aromatic carbocycles. The second-order valence-corrected chi connectivity index (χ2v) is 7.19. The molecule has 4 rings (SSSR count). The number of aromatic nitrogens is 2. The van der Waals surface area contributed by atoms with E-state index in [4.69, 9.17) is 4.74 Å².